The van der Waals surface area contributed by atoms with E-state index in [0.29, 0.717) is 48.3 Å². The number of ether oxygens (including phenoxy) is 2. The van der Waals surface area contributed by atoms with Gasteiger partial charge in [-0.3, -0.25) is 14.5 Å². The number of fused-ring (bicyclic) bond motifs is 5. The normalized spacial score (nSPS) is 42.1. The lowest BCUT2D eigenvalue weighted by atomic mass is 9.66. The highest BCUT2D eigenvalue weighted by atomic mass is 16.5. The van der Waals surface area contributed by atoms with Crippen LogP contribution in [0.2, 0.25) is 0 Å². The predicted molar refractivity (Wildman–Crippen MR) is 131 cm³/mol. The largest absolute Gasteiger partial charge is 0.379 e. The lowest BCUT2D eigenvalue weighted by molar-refractivity contribution is -0.713. The molecule has 8 nitrogen and oxygen atoms in total. The summed E-state index contributed by atoms with van der Waals surface area (Å²) >= 11 is 0. The molecule has 4 heterocycles. The number of carbonyl (C=O) groups is 2. The zero-order chi connectivity index (χ0) is 23.9. The maximum atomic E-state index is 13.7. The van der Waals surface area contributed by atoms with E-state index in [9.17, 15) is 9.59 Å². The second kappa shape index (κ2) is 10.3. The van der Waals surface area contributed by atoms with Gasteiger partial charge in [0.15, 0.2) is 0 Å². The standard InChI is InChI=1S/C27H44N4O4/c1-17(26(32)29-10-11-30-12-14-34-15-13-30)35-18-6-7-23-22(16-18)20-8-9-28-24-19-4-2-3-5-21(19)27(33)31(23)25(20)24/h17-25,28H,2-16H2,1H3,(H,29,32)/p+1/t17-,18?,19?,20?,21?,22?,23?,24?,25?/m0/s1. The molecule has 0 aromatic heterocycles. The Morgan fingerprint density at radius 3 is 2.80 bits per heavy atom. The number of nitrogens with zero attached hydrogens (tertiary/aromatic N) is 2. The summed E-state index contributed by atoms with van der Waals surface area (Å²) in [7, 11) is 0. The Labute approximate surface area is 209 Å². The van der Waals surface area contributed by atoms with Gasteiger partial charge in [0.25, 0.3) is 0 Å². The molecule has 8 unspecified atom stereocenters. The monoisotopic (exact) mass is 489 g/mol. The molecule has 0 bridgehead atoms. The van der Waals surface area contributed by atoms with Crippen molar-refractivity contribution in [3.63, 3.8) is 0 Å². The lowest BCUT2D eigenvalue weighted by Crippen LogP contribution is -2.98. The highest BCUT2D eigenvalue weighted by molar-refractivity contribution is 5.82. The van der Waals surface area contributed by atoms with Gasteiger partial charge in [-0.05, 0) is 50.9 Å². The molecule has 0 aromatic rings. The van der Waals surface area contributed by atoms with Crippen LogP contribution in [-0.4, -0.2) is 97.9 Å². The average Bonchev–Trinajstić information content (AvgIpc) is 3.22. The van der Waals surface area contributed by atoms with E-state index < -0.39 is 6.10 Å². The second-order valence-electron chi connectivity index (χ2n) is 12.0. The number of hydrogen-bond donors (Lipinski definition) is 2. The minimum absolute atomic E-state index is 0.00388. The van der Waals surface area contributed by atoms with Crippen LogP contribution in [0.25, 0.3) is 0 Å². The Morgan fingerprint density at radius 1 is 1.11 bits per heavy atom. The van der Waals surface area contributed by atoms with E-state index in [4.69, 9.17) is 9.47 Å². The van der Waals surface area contributed by atoms with E-state index in [2.05, 4.69) is 20.4 Å². The fraction of sp³-hybridized carbons (Fsp3) is 0.926. The van der Waals surface area contributed by atoms with Crippen LogP contribution in [0.4, 0.5) is 0 Å². The number of rotatable bonds is 6. The van der Waals surface area contributed by atoms with Crippen LogP contribution in [0.1, 0.15) is 58.3 Å². The van der Waals surface area contributed by atoms with Crippen LogP contribution in [0.15, 0.2) is 0 Å². The smallest absolute Gasteiger partial charge is 0.248 e. The summed E-state index contributed by atoms with van der Waals surface area (Å²) in [5, 5.41) is 5.67. The highest BCUT2D eigenvalue weighted by Gasteiger charge is 2.63. The molecule has 0 radical (unpaired) electrons. The Kier molecular flexibility index (Phi) is 7.08. The van der Waals surface area contributed by atoms with Crippen LogP contribution in [0.5, 0.6) is 0 Å². The number of nitrogens with one attached hydrogen (secondary N) is 1. The molecule has 6 aliphatic rings. The second-order valence-corrected chi connectivity index (χ2v) is 12.0. The molecule has 9 atom stereocenters. The van der Waals surface area contributed by atoms with E-state index >= 15 is 0 Å². The van der Waals surface area contributed by atoms with Crippen LogP contribution in [0, 0.1) is 23.7 Å². The predicted octanol–water partition coefficient (Wildman–Crippen LogP) is 0.360. The third-order valence-electron chi connectivity index (χ3n) is 10.3. The first-order valence-electron chi connectivity index (χ1n) is 14.5. The van der Waals surface area contributed by atoms with E-state index in [0.717, 1.165) is 58.5 Å². The van der Waals surface area contributed by atoms with E-state index in [1.54, 1.807) is 0 Å². The SMILES string of the molecule is C[C@H](OC1CCC2C(C1)C1CC[NH2+]C3C4CCCCC4C(=O)N2C13)C(=O)NCCN1CCOCC1. The summed E-state index contributed by atoms with van der Waals surface area (Å²) in [5.74, 6) is 2.50. The number of piperidine rings is 2. The fourth-order valence-corrected chi connectivity index (χ4v) is 8.75. The molecule has 2 saturated carbocycles. The summed E-state index contributed by atoms with van der Waals surface area (Å²) in [6.45, 7) is 8.06. The van der Waals surface area contributed by atoms with Crippen LogP contribution in [-0.2, 0) is 19.1 Å². The zero-order valence-electron chi connectivity index (χ0n) is 21.4. The number of nitrogens with two attached hydrogens (primary N) is 1. The molecular formula is C27H45N4O4+. The van der Waals surface area contributed by atoms with Gasteiger partial charge < -0.3 is 25.0 Å². The van der Waals surface area contributed by atoms with Gasteiger partial charge in [0.1, 0.15) is 12.1 Å². The number of hydrogen-bond acceptors (Lipinski definition) is 5. The highest BCUT2D eigenvalue weighted by Crippen LogP contribution is 2.52. The first-order valence-corrected chi connectivity index (χ1v) is 14.5. The van der Waals surface area contributed by atoms with Gasteiger partial charge in [-0.25, -0.2) is 0 Å². The maximum absolute atomic E-state index is 13.7. The van der Waals surface area contributed by atoms with E-state index in [1.807, 2.05) is 6.92 Å². The lowest BCUT2D eigenvalue weighted by Gasteiger charge is -2.50. The van der Waals surface area contributed by atoms with E-state index in [-0.39, 0.29) is 17.9 Å². The molecule has 3 N–H and O–H groups in total. The van der Waals surface area contributed by atoms with Crippen LogP contribution in [0.3, 0.4) is 0 Å². The van der Waals surface area contributed by atoms with Gasteiger partial charge in [-0.15, -0.1) is 0 Å². The molecular weight excluding hydrogens is 444 g/mol. The molecule has 4 aliphatic heterocycles. The fourth-order valence-electron chi connectivity index (χ4n) is 8.75. The summed E-state index contributed by atoms with van der Waals surface area (Å²) in [6.07, 6.45) is 8.76. The molecule has 2 aliphatic carbocycles. The van der Waals surface area contributed by atoms with Crippen molar-refractivity contribution in [3.8, 4) is 0 Å². The van der Waals surface area contributed by atoms with Crippen molar-refractivity contribution in [1.82, 2.24) is 15.1 Å². The van der Waals surface area contributed by atoms with Gasteiger partial charge in [0.2, 0.25) is 11.8 Å². The van der Waals surface area contributed by atoms with Crippen molar-refractivity contribution in [2.24, 2.45) is 23.7 Å². The number of quaternary nitrogens is 1. The Bertz CT molecular complexity index is 789. The van der Waals surface area contributed by atoms with Gasteiger partial charge in [0, 0.05) is 50.5 Å². The average molecular weight is 490 g/mol. The van der Waals surface area contributed by atoms with E-state index in [1.165, 1.54) is 32.2 Å². The summed E-state index contributed by atoms with van der Waals surface area (Å²) in [6, 6.07) is 1.44. The van der Waals surface area contributed by atoms with Crippen LogP contribution >= 0.6 is 0 Å². The first-order chi connectivity index (χ1) is 17.1. The van der Waals surface area contributed by atoms with Crippen molar-refractivity contribution in [1.29, 1.82) is 0 Å². The Morgan fingerprint density at radius 2 is 1.94 bits per heavy atom. The third kappa shape index (κ3) is 4.53. The van der Waals surface area contributed by atoms with Crippen molar-refractivity contribution in [2.45, 2.75) is 88.6 Å². The Balaban J connectivity index is 1.06. The van der Waals surface area contributed by atoms with Gasteiger partial charge in [-0.1, -0.05) is 12.8 Å². The summed E-state index contributed by atoms with van der Waals surface area (Å²) in [4.78, 5) is 31.2. The molecule has 8 heteroatoms. The number of carbonyl (C=O) groups excluding carboxylic acids is 2. The van der Waals surface area contributed by atoms with Crippen molar-refractivity contribution >= 4 is 11.8 Å². The van der Waals surface area contributed by atoms with Crippen molar-refractivity contribution in [3.05, 3.63) is 0 Å². The summed E-state index contributed by atoms with van der Waals surface area (Å²) in [5.41, 5.74) is 0. The number of morpholine rings is 1. The minimum Gasteiger partial charge on any atom is -0.379 e. The molecule has 2 amide bonds. The molecule has 0 aromatic carbocycles. The minimum atomic E-state index is -0.429. The molecule has 4 saturated heterocycles. The number of amides is 2. The molecule has 6 fully saturated rings. The topological polar surface area (TPSA) is 87.7 Å². The molecule has 196 valence electrons. The molecule has 35 heavy (non-hydrogen) atoms. The Hall–Kier alpha value is -1.22. The maximum Gasteiger partial charge on any atom is 0.248 e. The summed E-state index contributed by atoms with van der Waals surface area (Å²) < 4.78 is 11.8. The van der Waals surface area contributed by atoms with Crippen molar-refractivity contribution in [2.75, 3.05) is 45.9 Å². The van der Waals surface area contributed by atoms with Crippen LogP contribution < -0.4 is 10.6 Å². The molecule has 0 spiro atoms. The van der Waals surface area contributed by atoms with Gasteiger partial charge in [-0.2, -0.15) is 0 Å². The van der Waals surface area contributed by atoms with Crippen molar-refractivity contribution < 1.29 is 24.4 Å². The first kappa shape index (κ1) is 24.1. The third-order valence-corrected chi connectivity index (χ3v) is 10.3. The van der Waals surface area contributed by atoms with Gasteiger partial charge in [0.05, 0.1) is 31.9 Å². The zero-order valence-corrected chi connectivity index (χ0v) is 21.4. The van der Waals surface area contributed by atoms with Gasteiger partial charge >= 0.3 is 0 Å². The molecule has 6 rings (SSSR count). The quantitative estimate of drug-likeness (QED) is 0.563.